The highest BCUT2D eigenvalue weighted by atomic mass is 16.4. The van der Waals surface area contributed by atoms with Crippen LogP contribution in [0.15, 0.2) is 30.3 Å². The molecule has 0 saturated carbocycles. The summed E-state index contributed by atoms with van der Waals surface area (Å²) < 4.78 is 0. The van der Waals surface area contributed by atoms with E-state index in [0.29, 0.717) is 12.5 Å². The van der Waals surface area contributed by atoms with Crippen molar-refractivity contribution in [2.45, 2.75) is 18.9 Å². The zero-order chi connectivity index (χ0) is 14.8. The van der Waals surface area contributed by atoms with Crippen molar-refractivity contribution in [3.8, 4) is 0 Å². The van der Waals surface area contributed by atoms with E-state index < -0.39 is 5.97 Å². The second kappa shape index (κ2) is 5.60. The van der Waals surface area contributed by atoms with Gasteiger partial charge in [-0.15, -0.1) is 0 Å². The Morgan fingerprint density at radius 3 is 2.71 bits per heavy atom. The molecule has 21 heavy (non-hydrogen) atoms. The third-order valence-corrected chi connectivity index (χ3v) is 4.17. The smallest absolute Gasteiger partial charge is 0.328 e. The monoisotopic (exact) mass is 286 g/mol. The van der Waals surface area contributed by atoms with Crippen LogP contribution in [0, 0.1) is 0 Å². The molecule has 2 saturated heterocycles. The van der Waals surface area contributed by atoms with E-state index in [0.717, 1.165) is 43.4 Å². The minimum atomic E-state index is -0.943. The van der Waals surface area contributed by atoms with E-state index in [1.807, 2.05) is 29.2 Å². The summed E-state index contributed by atoms with van der Waals surface area (Å²) in [6.45, 7) is 2.53. The Balaban J connectivity index is 1.67. The van der Waals surface area contributed by atoms with Gasteiger partial charge in [0.2, 0.25) is 5.91 Å². The number of anilines is 1. The van der Waals surface area contributed by atoms with Crippen LogP contribution in [0.25, 0.3) is 6.08 Å². The molecular weight excluding hydrogens is 268 g/mol. The van der Waals surface area contributed by atoms with Gasteiger partial charge in [-0.2, -0.15) is 0 Å². The zero-order valence-electron chi connectivity index (χ0n) is 11.7. The third-order valence-electron chi connectivity index (χ3n) is 4.17. The molecule has 5 heteroatoms. The van der Waals surface area contributed by atoms with E-state index in [4.69, 9.17) is 5.11 Å². The predicted octanol–water partition coefficient (Wildman–Crippen LogP) is 1.60. The molecular formula is C16H18N2O3. The fourth-order valence-corrected chi connectivity index (χ4v) is 3.06. The van der Waals surface area contributed by atoms with E-state index in [1.165, 1.54) is 0 Å². The van der Waals surface area contributed by atoms with Gasteiger partial charge in [-0.3, -0.25) is 4.79 Å². The van der Waals surface area contributed by atoms with Crippen LogP contribution in [0.5, 0.6) is 0 Å². The third kappa shape index (κ3) is 2.91. The fourth-order valence-electron chi connectivity index (χ4n) is 3.06. The normalized spacial score (nSPS) is 21.9. The molecule has 1 aromatic carbocycles. The summed E-state index contributed by atoms with van der Waals surface area (Å²) in [5, 5.41) is 8.61. The lowest BCUT2D eigenvalue weighted by Gasteiger charge is -2.38. The number of aliphatic carboxylic acids is 1. The van der Waals surface area contributed by atoms with Crippen LogP contribution >= 0.6 is 0 Å². The first-order valence-corrected chi connectivity index (χ1v) is 7.19. The van der Waals surface area contributed by atoms with Crippen LogP contribution < -0.4 is 4.90 Å². The number of carbonyl (C=O) groups excluding carboxylic acids is 1. The second-order valence-electron chi connectivity index (χ2n) is 5.49. The molecule has 1 N–H and O–H groups in total. The van der Waals surface area contributed by atoms with Crippen LogP contribution in [-0.4, -0.2) is 47.6 Å². The number of carbonyl (C=O) groups is 2. The maximum absolute atomic E-state index is 11.7. The number of carboxylic acid groups (broad SMARTS) is 1. The van der Waals surface area contributed by atoms with Crippen molar-refractivity contribution in [2.75, 3.05) is 24.5 Å². The quantitative estimate of drug-likeness (QED) is 0.857. The number of amides is 1. The van der Waals surface area contributed by atoms with E-state index in [2.05, 4.69) is 4.90 Å². The molecule has 2 heterocycles. The highest BCUT2D eigenvalue weighted by molar-refractivity contribution is 5.85. The number of piperazine rings is 1. The van der Waals surface area contributed by atoms with Gasteiger partial charge in [0.25, 0.3) is 0 Å². The van der Waals surface area contributed by atoms with Gasteiger partial charge in [0.1, 0.15) is 0 Å². The Labute approximate surface area is 123 Å². The average molecular weight is 286 g/mol. The molecule has 110 valence electrons. The summed E-state index contributed by atoms with van der Waals surface area (Å²) in [4.78, 5) is 26.5. The molecule has 3 rings (SSSR count). The summed E-state index contributed by atoms with van der Waals surface area (Å²) in [5.74, 6) is -0.657. The molecule has 1 unspecified atom stereocenters. The van der Waals surface area contributed by atoms with Gasteiger partial charge in [0.15, 0.2) is 0 Å². The van der Waals surface area contributed by atoms with Gasteiger partial charge in [-0.05, 0) is 30.2 Å². The van der Waals surface area contributed by atoms with Crippen LogP contribution in [0.2, 0.25) is 0 Å². The van der Waals surface area contributed by atoms with Crippen molar-refractivity contribution < 1.29 is 14.7 Å². The summed E-state index contributed by atoms with van der Waals surface area (Å²) in [5.41, 5.74) is 2.00. The van der Waals surface area contributed by atoms with Gasteiger partial charge in [0.05, 0.1) is 0 Å². The molecule has 2 fully saturated rings. The van der Waals surface area contributed by atoms with Gasteiger partial charge in [0, 0.05) is 43.9 Å². The molecule has 0 aromatic heterocycles. The number of rotatable bonds is 3. The van der Waals surface area contributed by atoms with Crippen molar-refractivity contribution in [2.24, 2.45) is 0 Å². The Kier molecular flexibility index (Phi) is 3.64. The molecule has 1 atom stereocenters. The number of nitrogens with zero attached hydrogens (tertiary/aromatic N) is 2. The van der Waals surface area contributed by atoms with Crippen molar-refractivity contribution in [3.05, 3.63) is 35.9 Å². The summed E-state index contributed by atoms with van der Waals surface area (Å²) in [6.07, 6.45) is 4.35. The fraction of sp³-hybridized carbons (Fsp3) is 0.375. The Morgan fingerprint density at radius 1 is 1.24 bits per heavy atom. The van der Waals surface area contributed by atoms with Gasteiger partial charge in [-0.1, -0.05) is 12.1 Å². The van der Waals surface area contributed by atoms with Gasteiger partial charge >= 0.3 is 5.97 Å². The van der Waals surface area contributed by atoms with E-state index in [9.17, 15) is 9.59 Å². The van der Waals surface area contributed by atoms with Crippen LogP contribution in [0.3, 0.4) is 0 Å². The van der Waals surface area contributed by atoms with Crippen LogP contribution in [-0.2, 0) is 9.59 Å². The largest absolute Gasteiger partial charge is 0.478 e. The molecule has 0 spiro atoms. The van der Waals surface area contributed by atoms with Gasteiger partial charge in [-0.25, -0.2) is 4.79 Å². The number of fused-ring (bicyclic) bond motifs is 1. The lowest BCUT2D eigenvalue weighted by molar-refractivity contribution is -0.131. The molecule has 2 aliphatic rings. The van der Waals surface area contributed by atoms with Gasteiger partial charge < -0.3 is 14.9 Å². The predicted molar refractivity (Wildman–Crippen MR) is 80.1 cm³/mol. The highest BCUT2D eigenvalue weighted by Gasteiger charge is 2.35. The SMILES string of the molecule is O=C(O)/C=C/c1ccc(N2CCN3C(=O)CCC3C2)cc1. The summed E-state index contributed by atoms with van der Waals surface area (Å²) >= 11 is 0. The highest BCUT2D eigenvalue weighted by Crippen LogP contribution is 2.26. The number of benzene rings is 1. The molecule has 1 aromatic rings. The Hall–Kier alpha value is -2.30. The van der Waals surface area contributed by atoms with Crippen molar-refractivity contribution in [1.29, 1.82) is 0 Å². The Morgan fingerprint density at radius 2 is 2.00 bits per heavy atom. The zero-order valence-corrected chi connectivity index (χ0v) is 11.7. The molecule has 0 radical (unpaired) electrons. The van der Waals surface area contributed by atoms with Crippen LogP contribution in [0.4, 0.5) is 5.69 Å². The number of hydrogen-bond acceptors (Lipinski definition) is 3. The second-order valence-corrected chi connectivity index (χ2v) is 5.49. The van der Waals surface area contributed by atoms with E-state index >= 15 is 0 Å². The van der Waals surface area contributed by atoms with E-state index in [1.54, 1.807) is 6.08 Å². The topological polar surface area (TPSA) is 60.9 Å². The minimum absolute atomic E-state index is 0.286. The van der Waals surface area contributed by atoms with Crippen molar-refractivity contribution in [3.63, 3.8) is 0 Å². The van der Waals surface area contributed by atoms with E-state index in [-0.39, 0.29) is 5.91 Å². The maximum atomic E-state index is 11.7. The molecule has 1 amide bonds. The van der Waals surface area contributed by atoms with Crippen molar-refractivity contribution in [1.82, 2.24) is 4.90 Å². The standard InChI is InChI=1S/C16H18N2O3/c19-15-7-6-14-11-17(9-10-18(14)15)13-4-1-12(2-5-13)3-8-16(20)21/h1-5,8,14H,6-7,9-11H2,(H,20,21)/b8-3+. The summed E-state index contributed by atoms with van der Waals surface area (Å²) in [7, 11) is 0. The van der Waals surface area contributed by atoms with Crippen LogP contribution in [0.1, 0.15) is 18.4 Å². The maximum Gasteiger partial charge on any atom is 0.328 e. The lowest BCUT2D eigenvalue weighted by atomic mass is 10.1. The lowest BCUT2D eigenvalue weighted by Crippen LogP contribution is -2.51. The number of carboxylic acids is 1. The Bertz CT molecular complexity index is 580. The minimum Gasteiger partial charge on any atom is -0.478 e. The first kappa shape index (κ1) is 13.7. The summed E-state index contributed by atoms with van der Waals surface area (Å²) in [6, 6.07) is 8.20. The molecule has 0 bridgehead atoms. The first-order chi connectivity index (χ1) is 10.1. The first-order valence-electron chi connectivity index (χ1n) is 7.19. The molecule has 5 nitrogen and oxygen atoms in total. The molecule has 2 aliphatic heterocycles. The average Bonchev–Trinajstić information content (AvgIpc) is 2.86. The van der Waals surface area contributed by atoms with Crippen molar-refractivity contribution >= 4 is 23.6 Å². The molecule has 0 aliphatic carbocycles. The number of hydrogen-bond donors (Lipinski definition) is 1.